The van der Waals surface area contributed by atoms with Crippen LogP contribution in [0.4, 0.5) is 10.1 Å². The molecule has 0 aliphatic rings. The molecule has 18 heavy (non-hydrogen) atoms. The zero-order chi connectivity index (χ0) is 13.4. The predicted molar refractivity (Wildman–Crippen MR) is 71.2 cm³/mol. The van der Waals surface area contributed by atoms with Gasteiger partial charge in [0, 0.05) is 13.1 Å². The summed E-state index contributed by atoms with van der Waals surface area (Å²) in [5, 5.41) is 0.319. The van der Waals surface area contributed by atoms with Crippen LogP contribution in [0.3, 0.4) is 0 Å². The summed E-state index contributed by atoms with van der Waals surface area (Å²) in [6.07, 6.45) is 0. The number of aromatic nitrogens is 1. The summed E-state index contributed by atoms with van der Waals surface area (Å²) in [7, 11) is 1.58. The van der Waals surface area contributed by atoms with Crippen molar-refractivity contribution in [3.05, 3.63) is 51.2 Å². The lowest BCUT2D eigenvalue weighted by Gasteiger charge is -2.10. The van der Waals surface area contributed by atoms with E-state index in [1.165, 1.54) is 22.8 Å². The summed E-state index contributed by atoms with van der Waals surface area (Å²) in [5.41, 5.74) is 7.40. The highest BCUT2D eigenvalue weighted by molar-refractivity contribution is 6.29. The van der Waals surface area contributed by atoms with Crippen molar-refractivity contribution in [1.82, 2.24) is 4.57 Å². The van der Waals surface area contributed by atoms with Gasteiger partial charge in [0.2, 0.25) is 0 Å². The van der Waals surface area contributed by atoms with Crippen LogP contribution in [0.2, 0.25) is 5.15 Å². The van der Waals surface area contributed by atoms with Gasteiger partial charge >= 0.3 is 0 Å². The van der Waals surface area contributed by atoms with Crippen molar-refractivity contribution in [2.45, 2.75) is 6.92 Å². The van der Waals surface area contributed by atoms with Crippen LogP contribution < -0.4 is 11.3 Å². The molecule has 0 aliphatic carbocycles. The Balaban J connectivity index is 2.70. The molecule has 0 atom stereocenters. The summed E-state index contributed by atoms with van der Waals surface area (Å²) in [6.45, 7) is 1.75. The van der Waals surface area contributed by atoms with E-state index in [-0.39, 0.29) is 11.2 Å². The van der Waals surface area contributed by atoms with Gasteiger partial charge in [0.25, 0.3) is 5.56 Å². The summed E-state index contributed by atoms with van der Waals surface area (Å²) >= 11 is 5.95. The van der Waals surface area contributed by atoms with E-state index in [2.05, 4.69) is 0 Å². The van der Waals surface area contributed by atoms with E-state index in [1.54, 1.807) is 20.0 Å². The molecule has 0 radical (unpaired) electrons. The predicted octanol–water partition coefficient (Wildman–Crippen LogP) is 2.74. The number of nitrogen functional groups attached to an aromatic ring is 1. The maximum atomic E-state index is 13.3. The molecule has 94 valence electrons. The average Bonchev–Trinajstić information content (AvgIpc) is 2.30. The van der Waals surface area contributed by atoms with Gasteiger partial charge < -0.3 is 10.3 Å². The molecule has 0 fully saturated rings. The molecule has 0 saturated heterocycles. The number of nitrogens with zero attached hydrogens (tertiary/aromatic N) is 1. The maximum absolute atomic E-state index is 13.3. The number of rotatable bonds is 1. The average molecular weight is 267 g/mol. The molecule has 0 unspecified atom stereocenters. The van der Waals surface area contributed by atoms with Gasteiger partial charge in [-0.3, -0.25) is 4.79 Å². The van der Waals surface area contributed by atoms with Crippen molar-refractivity contribution in [3.8, 4) is 11.1 Å². The molecule has 0 bridgehead atoms. The standard InChI is InChI=1S/C13H12ClFN2O/c1-7-3-10(15)11(16)6-9(7)8-4-12(14)17(2)13(18)5-8/h3-6H,16H2,1-2H3. The Kier molecular flexibility index (Phi) is 3.13. The van der Waals surface area contributed by atoms with Crippen molar-refractivity contribution in [2.75, 3.05) is 5.73 Å². The lowest BCUT2D eigenvalue weighted by atomic mass is 10.0. The first-order valence-corrected chi connectivity index (χ1v) is 5.70. The smallest absolute Gasteiger partial charge is 0.252 e. The molecule has 1 aromatic heterocycles. The van der Waals surface area contributed by atoms with Crippen LogP contribution in [0.25, 0.3) is 11.1 Å². The van der Waals surface area contributed by atoms with Gasteiger partial charge in [-0.2, -0.15) is 0 Å². The molecule has 2 rings (SSSR count). The van der Waals surface area contributed by atoms with Gasteiger partial charge in [0.15, 0.2) is 0 Å². The third-order valence-electron chi connectivity index (χ3n) is 2.86. The fraction of sp³-hybridized carbons (Fsp3) is 0.154. The van der Waals surface area contributed by atoms with Gasteiger partial charge in [-0.15, -0.1) is 0 Å². The summed E-state index contributed by atoms with van der Waals surface area (Å²) in [6, 6.07) is 5.96. The highest BCUT2D eigenvalue weighted by atomic mass is 35.5. The molecule has 0 saturated carbocycles. The first kappa shape index (κ1) is 12.6. The van der Waals surface area contributed by atoms with Crippen molar-refractivity contribution >= 4 is 17.3 Å². The second-order valence-electron chi connectivity index (χ2n) is 4.15. The zero-order valence-electron chi connectivity index (χ0n) is 10.00. The van der Waals surface area contributed by atoms with E-state index in [1.807, 2.05) is 0 Å². The van der Waals surface area contributed by atoms with Crippen LogP contribution in [0.1, 0.15) is 5.56 Å². The minimum Gasteiger partial charge on any atom is -0.396 e. The number of hydrogen-bond acceptors (Lipinski definition) is 2. The van der Waals surface area contributed by atoms with Gasteiger partial charge in [-0.25, -0.2) is 4.39 Å². The fourth-order valence-electron chi connectivity index (χ4n) is 1.76. The number of halogens is 2. The third kappa shape index (κ3) is 2.11. The molecule has 0 amide bonds. The number of aryl methyl sites for hydroxylation is 1. The Bertz CT molecular complexity index is 679. The van der Waals surface area contributed by atoms with Crippen molar-refractivity contribution in [2.24, 2.45) is 7.05 Å². The molecule has 3 nitrogen and oxygen atoms in total. The Morgan fingerprint density at radius 1 is 1.28 bits per heavy atom. The SMILES string of the molecule is Cc1cc(F)c(N)cc1-c1cc(Cl)n(C)c(=O)c1. The summed E-state index contributed by atoms with van der Waals surface area (Å²) < 4.78 is 14.6. The monoisotopic (exact) mass is 266 g/mol. The second kappa shape index (κ2) is 4.46. The van der Waals surface area contributed by atoms with E-state index in [9.17, 15) is 9.18 Å². The molecule has 2 aromatic rings. The summed E-state index contributed by atoms with van der Waals surface area (Å²) in [4.78, 5) is 11.7. The van der Waals surface area contributed by atoms with E-state index in [0.717, 1.165) is 0 Å². The van der Waals surface area contributed by atoms with Crippen LogP contribution in [0, 0.1) is 12.7 Å². The lowest BCUT2D eigenvalue weighted by Crippen LogP contribution is -2.16. The number of nitrogens with two attached hydrogens (primary N) is 1. The first-order chi connectivity index (χ1) is 8.40. The normalized spacial score (nSPS) is 10.7. The fourth-order valence-corrected chi connectivity index (χ4v) is 1.96. The van der Waals surface area contributed by atoms with Crippen LogP contribution in [-0.2, 0) is 7.05 Å². The molecular weight excluding hydrogens is 255 g/mol. The van der Waals surface area contributed by atoms with E-state index < -0.39 is 5.82 Å². The van der Waals surface area contributed by atoms with Gasteiger partial charge in [0.05, 0.1) is 5.69 Å². The highest BCUT2D eigenvalue weighted by Crippen LogP contribution is 2.27. The topological polar surface area (TPSA) is 48.0 Å². The van der Waals surface area contributed by atoms with Crippen molar-refractivity contribution < 1.29 is 4.39 Å². The largest absolute Gasteiger partial charge is 0.396 e. The quantitative estimate of drug-likeness (QED) is 0.637. The van der Waals surface area contributed by atoms with Gasteiger partial charge in [0.1, 0.15) is 11.0 Å². The van der Waals surface area contributed by atoms with E-state index >= 15 is 0 Å². The van der Waals surface area contributed by atoms with E-state index in [0.29, 0.717) is 21.8 Å². The van der Waals surface area contributed by atoms with Crippen molar-refractivity contribution in [1.29, 1.82) is 0 Å². The van der Waals surface area contributed by atoms with Gasteiger partial charge in [-0.1, -0.05) is 11.6 Å². The Hall–Kier alpha value is -1.81. The van der Waals surface area contributed by atoms with Gasteiger partial charge in [-0.05, 0) is 41.8 Å². The van der Waals surface area contributed by atoms with Crippen LogP contribution in [-0.4, -0.2) is 4.57 Å². The Labute approximate surface area is 109 Å². The number of hydrogen-bond donors (Lipinski definition) is 1. The maximum Gasteiger partial charge on any atom is 0.252 e. The number of benzene rings is 1. The first-order valence-electron chi connectivity index (χ1n) is 5.32. The minimum atomic E-state index is -0.466. The molecule has 0 aliphatic heterocycles. The zero-order valence-corrected chi connectivity index (χ0v) is 10.8. The molecular formula is C13H12ClFN2O. The third-order valence-corrected chi connectivity index (χ3v) is 3.22. The second-order valence-corrected chi connectivity index (χ2v) is 4.54. The van der Waals surface area contributed by atoms with Crippen LogP contribution in [0.15, 0.2) is 29.1 Å². The molecule has 5 heteroatoms. The Morgan fingerprint density at radius 2 is 1.94 bits per heavy atom. The number of pyridine rings is 1. The Morgan fingerprint density at radius 3 is 2.56 bits per heavy atom. The molecule has 1 aromatic carbocycles. The molecule has 1 heterocycles. The van der Waals surface area contributed by atoms with Crippen LogP contribution in [0.5, 0.6) is 0 Å². The number of anilines is 1. The van der Waals surface area contributed by atoms with E-state index in [4.69, 9.17) is 17.3 Å². The van der Waals surface area contributed by atoms with Crippen LogP contribution >= 0.6 is 11.6 Å². The summed E-state index contributed by atoms with van der Waals surface area (Å²) in [5.74, 6) is -0.466. The lowest BCUT2D eigenvalue weighted by molar-refractivity contribution is 0.631. The molecule has 0 spiro atoms. The minimum absolute atomic E-state index is 0.0485. The highest BCUT2D eigenvalue weighted by Gasteiger charge is 2.09. The molecule has 2 N–H and O–H groups in total. The van der Waals surface area contributed by atoms with Crippen molar-refractivity contribution in [3.63, 3.8) is 0 Å².